The van der Waals surface area contributed by atoms with Gasteiger partial charge in [-0.3, -0.25) is 9.78 Å². The van der Waals surface area contributed by atoms with E-state index in [1.807, 2.05) is 30.9 Å². The topological polar surface area (TPSA) is 33.2 Å². The molecule has 0 saturated heterocycles. The van der Waals surface area contributed by atoms with Crippen LogP contribution < -0.4 is 0 Å². The largest absolute Gasteiger partial charge is 0.337 e. The molecule has 0 unspecified atom stereocenters. The summed E-state index contributed by atoms with van der Waals surface area (Å²) in [6.45, 7) is 6.94. The Kier molecular flexibility index (Phi) is 5.40. The molecule has 0 fully saturated rings. The molecule has 17 heavy (non-hydrogen) atoms. The Morgan fingerprint density at radius 1 is 1.53 bits per heavy atom. The SMILES string of the molecule is CCCN(C(=O)/C=C/c1cccnc1)C(C)C. The molecule has 3 heteroatoms. The predicted octanol–water partition coefficient (Wildman–Crippen LogP) is 2.74. The average molecular weight is 232 g/mol. The zero-order valence-electron chi connectivity index (χ0n) is 10.8. The van der Waals surface area contributed by atoms with Gasteiger partial charge in [-0.25, -0.2) is 0 Å². The third kappa shape index (κ3) is 4.39. The lowest BCUT2D eigenvalue weighted by Crippen LogP contribution is -2.36. The normalized spacial score (nSPS) is 11.1. The Bertz CT molecular complexity index is 371. The molecule has 0 aromatic carbocycles. The second kappa shape index (κ2) is 6.84. The number of nitrogens with zero attached hydrogens (tertiary/aromatic N) is 2. The number of aromatic nitrogens is 1. The summed E-state index contributed by atoms with van der Waals surface area (Å²) in [7, 11) is 0. The lowest BCUT2D eigenvalue weighted by atomic mass is 10.2. The lowest BCUT2D eigenvalue weighted by Gasteiger charge is -2.24. The molecule has 0 radical (unpaired) electrons. The van der Waals surface area contributed by atoms with E-state index in [4.69, 9.17) is 0 Å². The number of carbonyl (C=O) groups is 1. The molecular formula is C14H20N2O. The van der Waals surface area contributed by atoms with Crippen LogP contribution in [0.2, 0.25) is 0 Å². The summed E-state index contributed by atoms with van der Waals surface area (Å²) in [5.41, 5.74) is 0.945. The van der Waals surface area contributed by atoms with Crippen molar-refractivity contribution in [2.75, 3.05) is 6.54 Å². The third-order valence-corrected chi connectivity index (χ3v) is 2.47. The van der Waals surface area contributed by atoms with Crippen LogP contribution in [0.5, 0.6) is 0 Å². The minimum absolute atomic E-state index is 0.0608. The fraction of sp³-hybridized carbons (Fsp3) is 0.429. The average Bonchev–Trinajstić information content (AvgIpc) is 2.34. The van der Waals surface area contributed by atoms with Gasteiger partial charge in [-0.1, -0.05) is 13.0 Å². The highest BCUT2D eigenvalue weighted by molar-refractivity contribution is 5.91. The van der Waals surface area contributed by atoms with Crippen LogP contribution in [0.1, 0.15) is 32.8 Å². The van der Waals surface area contributed by atoms with Crippen LogP contribution >= 0.6 is 0 Å². The second-order valence-electron chi connectivity index (χ2n) is 4.25. The molecular weight excluding hydrogens is 212 g/mol. The molecule has 1 rings (SSSR count). The molecule has 92 valence electrons. The number of hydrogen-bond acceptors (Lipinski definition) is 2. The van der Waals surface area contributed by atoms with Crippen LogP contribution in [0.3, 0.4) is 0 Å². The Labute approximate surface area is 103 Å². The van der Waals surface area contributed by atoms with Crippen molar-refractivity contribution in [3.8, 4) is 0 Å². The molecule has 0 aliphatic rings. The smallest absolute Gasteiger partial charge is 0.246 e. The van der Waals surface area contributed by atoms with Crippen LogP contribution in [-0.2, 0) is 4.79 Å². The van der Waals surface area contributed by atoms with E-state index in [1.54, 1.807) is 24.5 Å². The van der Waals surface area contributed by atoms with Crippen LogP contribution in [0.15, 0.2) is 30.6 Å². The fourth-order valence-corrected chi connectivity index (χ4v) is 1.60. The van der Waals surface area contributed by atoms with Crippen LogP contribution in [0.25, 0.3) is 6.08 Å². The fourth-order valence-electron chi connectivity index (χ4n) is 1.60. The maximum atomic E-state index is 12.0. The van der Waals surface area contributed by atoms with Gasteiger partial charge < -0.3 is 4.90 Å². The van der Waals surface area contributed by atoms with Gasteiger partial charge in [0, 0.05) is 31.1 Å². The first-order valence-electron chi connectivity index (χ1n) is 6.04. The van der Waals surface area contributed by atoms with E-state index in [0.29, 0.717) is 0 Å². The van der Waals surface area contributed by atoms with Gasteiger partial charge in [0.2, 0.25) is 5.91 Å². The Balaban J connectivity index is 2.67. The van der Waals surface area contributed by atoms with Crippen LogP contribution in [0.4, 0.5) is 0 Å². The van der Waals surface area contributed by atoms with E-state index in [1.165, 1.54) is 0 Å². The van der Waals surface area contributed by atoms with E-state index in [2.05, 4.69) is 11.9 Å². The minimum atomic E-state index is 0.0608. The number of carbonyl (C=O) groups excluding carboxylic acids is 1. The van der Waals surface area contributed by atoms with Crippen molar-refractivity contribution >= 4 is 12.0 Å². The second-order valence-corrected chi connectivity index (χ2v) is 4.25. The van der Waals surface area contributed by atoms with Crippen molar-refractivity contribution in [1.82, 2.24) is 9.88 Å². The molecule has 0 bridgehead atoms. The Hall–Kier alpha value is -1.64. The van der Waals surface area contributed by atoms with Crippen molar-refractivity contribution in [3.05, 3.63) is 36.2 Å². The molecule has 1 aromatic rings. The van der Waals surface area contributed by atoms with Crippen molar-refractivity contribution < 1.29 is 4.79 Å². The van der Waals surface area contributed by atoms with Gasteiger partial charge in [0.1, 0.15) is 0 Å². The molecule has 0 saturated carbocycles. The Morgan fingerprint density at radius 3 is 2.82 bits per heavy atom. The summed E-state index contributed by atoms with van der Waals surface area (Å²) in [5.74, 6) is 0.0608. The maximum absolute atomic E-state index is 12.0. The molecule has 0 spiro atoms. The first-order chi connectivity index (χ1) is 8.15. The first kappa shape index (κ1) is 13.4. The zero-order valence-corrected chi connectivity index (χ0v) is 10.8. The van der Waals surface area contributed by atoms with Crippen molar-refractivity contribution in [3.63, 3.8) is 0 Å². The van der Waals surface area contributed by atoms with Crippen molar-refractivity contribution in [2.45, 2.75) is 33.2 Å². The molecule has 0 aliphatic heterocycles. The van der Waals surface area contributed by atoms with Crippen molar-refractivity contribution in [2.24, 2.45) is 0 Å². The van der Waals surface area contributed by atoms with Gasteiger partial charge in [0.05, 0.1) is 0 Å². The standard InChI is InChI=1S/C14H20N2O/c1-4-10-16(12(2)3)14(17)8-7-13-6-5-9-15-11-13/h5-9,11-12H,4,10H2,1-3H3/b8-7+. The highest BCUT2D eigenvalue weighted by Crippen LogP contribution is 2.04. The van der Waals surface area contributed by atoms with Gasteiger partial charge in [-0.05, 0) is 38.0 Å². The number of amides is 1. The lowest BCUT2D eigenvalue weighted by molar-refractivity contribution is -0.127. The minimum Gasteiger partial charge on any atom is -0.337 e. The predicted molar refractivity (Wildman–Crippen MR) is 70.4 cm³/mol. The van der Waals surface area contributed by atoms with E-state index in [0.717, 1.165) is 18.5 Å². The summed E-state index contributed by atoms with van der Waals surface area (Å²) in [5, 5.41) is 0. The summed E-state index contributed by atoms with van der Waals surface area (Å²) >= 11 is 0. The summed E-state index contributed by atoms with van der Waals surface area (Å²) in [6.07, 6.45) is 7.86. The summed E-state index contributed by atoms with van der Waals surface area (Å²) in [4.78, 5) is 17.8. The highest BCUT2D eigenvalue weighted by atomic mass is 16.2. The van der Waals surface area contributed by atoms with Crippen LogP contribution in [-0.4, -0.2) is 28.4 Å². The number of rotatable bonds is 5. The summed E-state index contributed by atoms with van der Waals surface area (Å²) in [6, 6.07) is 4.02. The highest BCUT2D eigenvalue weighted by Gasteiger charge is 2.12. The first-order valence-corrected chi connectivity index (χ1v) is 6.04. The number of hydrogen-bond donors (Lipinski definition) is 0. The maximum Gasteiger partial charge on any atom is 0.246 e. The van der Waals surface area contributed by atoms with Gasteiger partial charge in [0.25, 0.3) is 0 Å². The quantitative estimate of drug-likeness (QED) is 0.731. The molecule has 1 amide bonds. The van der Waals surface area contributed by atoms with E-state index in [-0.39, 0.29) is 11.9 Å². The molecule has 0 N–H and O–H groups in total. The van der Waals surface area contributed by atoms with Crippen LogP contribution in [0, 0.1) is 0 Å². The van der Waals surface area contributed by atoms with Gasteiger partial charge in [-0.2, -0.15) is 0 Å². The van der Waals surface area contributed by atoms with Gasteiger partial charge in [-0.15, -0.1) is 0 Å². The van der Waals surface area contributed by atoms with Gasteiger partial charge >= 0.3 is 0 Å². The van der Waals surface area contributed by atoms with Crippen molar-refractivity contribution in [1.29, 1.82) is 0 Å². The monoisotopic (exact) mass is 232 g/mol. The van der Waals surface area contributed by atoms with E-state index >= 15 is 0 Å². The van der Waals surface area contributed by atoms with Gasteiger partial charge in [0.15, 0.2) is 0 Å². The molecule has 0 atom stereocenters. The summed E-state index contributed by atoms with van der Waals surface area (Å²) < 4.78 is 0. The zero-order chi connectivity index (χ0) is 12.7. The number of pyridine rings is 1. The van der Waals surface area contributed by atoms with E-state index in [9.17, 15) is 4.79 Å². The molecule has 1 aromatic heterocycles. The molecule has 1 heterocycles. The van der Waals surface area contributed by atoms with E-state index < -0.39 is 0 Å². The Morgan fingerprint density at radius 2 is 2.29 bits per heavy atom. The molecule has 3 nitrogen and oxygen atoms in total. The molecule has 0 aliphatic carbocycles. The third-order valence-electron chi connectivity index (χ3n) is 2.47.